The normalized spacial score (nSPS) is 18.2. The zero-order valence-corrected chi connectivity index (χ0v) is 13.2. The Morgan fingerprint density at radius 1 is 1.38 bits per heavy atom. The molecule has 3 rings (SSSR count). The molecule has 0 radical (unpaired) electrons. The standard InChI is InChI=1S/C16H17BrFN3/c17-15-11(9-19)5-6-14(16(15)18)21-8-2-4-13(21)12-3-1-7-20-10-12/h1,3,5-7,10,13H,2,4,8-9,19H2. The van der Waals surface area contributed by atoms with E-state index in [0.717, 1.165) is 30.5 Å². The van der Waals surface area contributed by atoms with Gasteiger partial charge in [0.1, 0.15) is 0 Å². The number of anilines is 1. The van der Waals surface area contributed by atoms with Crippen molar-refractivity contribution < 1.29 is 4.39 Å². The van der Waals surface area contributed by atoms with E-state index in [1.165, 1.54) is 0 Å². The highest BCUT2D eigenvalue weighted by atomic mass is 79.9. The van der Waals surface area contributed by atoms with Crippen LogP contribution in [-0.4, -0.2) is 11.5 Å². The molecule has 1 unspecified atom stereocenters. The predicted octanol–water partition coefficient (Wildman–Crippen LogP) is 3.78. The highest BCUT2D eigenvalue weighted by Crippen LogP contribution is 2.39. The maximum atomic E-state index is 14.6. The number of halogens is 2. The number of aromatic nitrogens is 1. The van der Waals surface area contributed by atoms with Gasteiger partial charge in [-0.1, -0.05) is 12.1 Å². The molecule has 1 aromatic carbocycles. The van der Waals surface area contributed by atoms with Gasteiger partial charge in [-0.2, -0.15) is 0 Å². The van der Waals surface area contributed by atoms with E-state index in [9.17, 15) is 4.39 Å². The van der Waals surface area contributed by atoms with E-state index < -0.39 is 0 Å². The van der Waals surface area contributed by atoms with Crippen molar-refractivity contribution in [1.29, 1.82) is 0 Å². The van der Waals surface area contributed by atoms with Crippen molar-refractivity contribution in [3.63, 3.8) is 0 Å². The fourth-order valence-electron chi connectivity index (χ4n) is 2.93. The molecule has 0 saturated carbocycles. The van der Waals surface area contributed by atoms with E-state index in [1.54, 1.807) is 6.20 Å². The number of hydrogen-bond donors (Lipinski definition) is 1. The first-order valence-corrected chi connectivity index (χ1v) is 7.85. The number of rotatable bonds is 3. The van der Waals surface area contributed by atoms with Crippen LogP contribution in [0.5, 0.6) is 0 Å². The summed E-state index contributed by atoms with van der Waals surface area (Å²) in [5, 5.41) is 0. The summed E-state index contributed by atoms with van der Waals surface area (Å²) in [5.74, 6) is -0.228. The van der Waals surface area contributed by atoms with E-state index in [0.29, 0.717) is 16.7 Å². The van der Waals surface area contributed by atoms with Crippen LogP contribution in [0.15, 0.2) is 41.1 Å². The SMILES string of the molecule is NCc1ccc(N2CCCC2c2cccnc2)c(F)c1Br. The molecule has 1 fully saturated rings. The summed E-state index contributed by atoms with van der Waals surface area (Å²) < 4.78 is 15.1. The van der Waals surface area contributed by atoms with Gasteiger partial charge in [0, 0.05) is 25.5 Å². The lowest BCUT2D eigenvalue weighted by Gasteiger charge is -2.28. The van der Waals surface area contributed by atoms with Crippen LogP contribution < -0.4 is 10.6 Å². The van der Waals surface area contributed by atoms with Gasteiger partial charge in [-0.3, -0.25) is 4.98 Å². The van der Waals surface area contributed by atoms with Crippen molar-refractivity contribution in [3.05, 3.63) is 58.1 Å². The number of hydrogen-bond acceptors (Lipinski definition) is 3. The highest BCUT2D eigenvalue weighted by Gasteiger charge is 2.29. The molecule has 1 saturated heterocycles. The van der Waals surface area contributed by atoms with Gasteiger partial charge in [-0.05, 0) is 52.0 Å². The zero-order chi connectivity index (χ0) is 14.8. The van der Waals surface area contributed by atoms with Crippen molar-refractivity contribution >= 4 is 21.6 Å². The molecule has 3 nitrogen and oxygen atoms in total. The summed E-state index contributed by atoms with van der Waals surface area (Å²) in [6.07, 6.45) is 5.69. The molecule has 2 aromatic rings. The van der Waals surface area contributed by atoms with Gasteiger partial charge in [0.2, 0.25) is 0 Å². The molecule has 1 atom stereocenters. The van der Waals surface area contributed by atoms with Crippen molar-refractivity contribution in [2.75, 3.05) is 11.4 Å². The number of nitrogens with two attached hydrogens (primary N) is 1. The summed E-state index contributed by atoms with van der Waals surface area (Å²) >= 11 is 3.32. The average molecular weight is 350 g/mol. The van der Waals surface area contributed by atoms with Crippen molar-refractivity contribution in [3.8, 4) is 0 Å². The largest absolute Gasteiger partial charge is 0.362 e. The second kappa shape index (κ2) is 6.12. The summed E-state index contributed by atoms with van der Waals surface area (Å²) in [4.78, 5) is 6.30. The smallest absolute Gasteiger partial charge is 0.160 e. The molecule has 0 amide bonds. The Morgan fingerprint density at radius 3 is 2.95 bits per heavy atom. The van der Waals surface area contributed by atoms with E-state index in [2.05, 4.69) is 31.9 Å². The minimum atomic E-state index is -0.228. The van der Waals surface area contributed by atoms with Gasteiger partial charge >= 0.3 is 0 Å². The van der Waals surface area contributed by atoms with Crippen molar-refractivity contribution in [2.24, 2.45) is 5.73 Å². The number of nitrogens with zero attached hydrogens (tertiary/aromatic N) is 2. The third-order valence-electron chi connectivity index (χ3n) is 3.99. The van der Waals surface area contributed by atoms with Crippen LogP contribution in [0.25, 0.3) is 0 Å². The lowest BCUT2D eigenvalue weighted by Crippen LogP contribution is -2.24. The van der Waals surface area contributed by atoms with Gasteiger partial charge < -0.3 is 10.6 Å². The molecule has 1 aromatic heterocycles. The van der Waals surface area contributed by atoms with Crippen LogP contribution in [0.4, 0.5) is 10.1 Å². The van der Waals surface area contributed by atoms with Gasteiger partial charge in [0.05, 0.1) is 16.2 Å². The quantitative estimate of drug-likeness (QED) is 0.916. The average Bonchev–Trinajstić information content (AvgIpc) is 3.00. The third kappa shape index (κ3) is 2.68. The molecular weight excluding hydrogens is 333 g/mol. The van der Waals surface area contributed by atoms with E-state index in [4.69, 9.17) is 5.73 Å². The highest BCUT2D eigenvalue weighted by molar-refractivity contribution is 9.10. The monoisotopic (exact) mass is 349 g/mol. The summed E-state index contributed by atoms with van der Waals surface area (Å²) in [7, 11) is 0. The van der Waals surface area contributed by atoms with Gasteiger partial charge in [0.15, 0.2) is 5.82 Å². The van der Waals surface area contributed by atoms with Crippen LogP contribution in [0.1, 0.15) is 30.0 Å². The lowest BCUT2D eigenvalue weighted by atomic mass is 10.1. The summed E-state index contributed by atoms with van der Waals surface area (Å²) in [6.45, 7) is 1.18. The predicted molar refractivity (Wildman–Crippen MR) is 85.5 cm³/mol. The molecule has 110 valence electrons. The van der Waals surface area contributed by atoms with Crippen LogP contribution in [0, 0.1) is 5.82 Å². The van der Waals surface area contributed by atoms with Crippen LogP contribution >= 0.6 is 15.9 Å². The molecule has 0 bridgehead atoms. The third-order valence-corrected chi connectivity index (χ3v) is 4.85. The van der Waals surface area contributed by atoms with Gasteiger partial charge in [0.25, 0.3) is 0 Å². The molecule has 21 heavy (non-hydrogen) atoms. The topological polar surface area (TPSA) is 42.1 Å². The molecular formula is C16H17BrFN3. The maximum absolute atomic E-state index is 14.6. The first kappa shape index (κ1) is 14.5. The van der Waals surface area contributed by atoms with E-state index in [1.807, 2.05) is 24.4 Å². The molecule has 0 spiro atoms. The van der Waals surface area contributed by atoms with Crippen molar-refractivity contribution in [1.82, 2.24) is 4.98 Å². The van der Waals surface area contributed by atoms with E-state index >= 15 is 0 Å². The number of pyridine rings is 1. The van der Waals surface area contributed by atoms with Crippen LogP contribution in [-0.2, 0) is 6.54 Å². The summed E-state index contributed by atoms with van der Waals surface area (Å²) in [6, 6.07) is 7.88. The Morgan fingerprint density at radius 2 is 2.24 bits per heavy atom. The number of benzene rings is 1. The second-order valence-electron chi connectivity index (χ2n) is 5.21. The minimum Gasteiger partial charge on any atom is -0.362 e. The zero-order valence-electron chi connectivity index (χ0n) is 11.6. The first-order chi connectivity index (χ1) is 10.2. The second-order valence-corrected chi connectivity index (χ2v) is 6.01. The molecule has 5 heteroatoms. The van der Waals surface area contributed by atoms with Crippen molar-refractivity contribution in [2.45, 2.75) is 25.4 Å². The van der Waals surface area contributed by atoms with Crippen LogP contribution in [0.3, 0.4) is 0 Å². The Hall–Kier alpha value is -1.46. The molecule has 2 heterocycles. The van der Waals surface area contributed by atoms with E-state index in [-0.39, 0.29) is 11.9 Å². The van der Waals surface area contributed by atoms with Crippen LogP contribution in [0.2, 0.25) is 0 Å². The summed E-state index contributed by atoms with van der Waals surface area (Å²) in [5.41, 5.74) is 8.17. The maximum Gasteiger partial charge on any atom is 0.160 e. The fraction of sp³-hybridized carbons (Fsp3) is 0.312. The Labute approximate surface area is 132 Å². The molecule has 0 aliphatic carbocycles. The fourth-order valence-corrected chi connectivity index (χ4v) is 3.43. The Kier molecular flexibility index (Phi) is 4.22. The minimum absolute atomic E-state index is 0.184. The Bertz CT molecular complexity index is 633. The molecule has 2 N–H and O–H groups in total. The Balaban J connectivity index is 1.98. The van der Waals surface area contributed by atoms with Gasteiger partial charge in [-0.15, -0.1) is 0 Å². The lowest BCUT2D eigenvalue weighted by molar-refractivity contribution is 0.602. The molecule has 1 aliphatic rings. The first-order valence-electron chi connectivity index (χ1n) is 7.06. The molecule has 1 aliphatic heterocycles. The van der Waals surface area contributed by atoms with Gasteiger partial charge in [-0.25, -0.2) is 4.39 Å².